The summed E-state index contributed by atoms with van der Waals surface area (Å²) in [5.74, 6) is -0.387. The number of benzene rings is 2. The number of aliphatic hydroxyl groups excluding tert-OH is 1. The zero-order valence-corrected chi connectivity index (χ0v) is 15.7. The molecular formula is C21H25ClN2O2. The average Bonchev–Trinajstić information content (AvgIpc) is 2.68. The van der Waals surface area contributed by atoms with Crippen molar-refractivity contribution in [2.45, 2.75) is 24.4 Å². The Labute approximate surface area is 159 Å². The van der Waals surface area contributed by atoms with Crippen molar-refractivity contribution in [1.82, 2.24) is 10.2 Å². The maximum absolute atomic E-state index is 12.5. The third kappa shape index (κ3) is 4.26. The van der Waals surface area contributed by atoms with Crippen molar-refractivity contribution >= 4 is 17.5 Å². The van der Waals surface area contributed by atoms with Gasteiger partial charge in [0.1, 0.15) is 0 Å². The fraction of sp³-hybridized carbons (Fsp3) is 0.381. The zero-order valence-electron chi connectivity index (χ0n) is 15.0. The number of nitrogens with zero attached hydrogens (tertiary/aromatic N) is 1. The first-order chi connectivity index (χ1) is 12.5. The van der Waals surface area contributed by atoms with Crippen LogP contribution in [-0.4, -0.2) is 42.6 Å². The van der Waals surface area contributed by atoms with Gasteiger partial charge >= 0.3 is 0 Å². The molecule has 2 aromatic carbocycles. The van der Waals surface area contributed by atoms with E-state index < -0.39 is 6.10 Å². The monoisotopic (exact) mass is 372 g/mol. The van der Waals surface area contributed by atoms with Crippen molar-refractivity contribution in [3.63, 3.8) is 0 Å². The van der Waals surface area contributed by atoms with Gasteiger partial charge < -0.3 is 15.3 Å². The predicted octanol–water partition coefficient (Wildman–Crippen LogP) is 3.15. The van der Waals surface area contributed by atoms with Crippen LogP contribution in [0.2, 0.25) is 5.02 Å². The Hall–Kier alpha value is -1.88. The summed E-state index contributed by atoms with van der Waals surface area (Å²) in [6.07, 6.45) is 0.732. The summed E-state index contributed by atoms with van der Waals surface area (Å²) in [7, 11) is 2.12. The first-order valence-corrected chi connectivity index (χ1v) is 9.33. The van der Waals surface area contributed by atoms with Crippen LogP contribution < -0.4 is 5.32 Å². The average molecular weight is 373 g/mol. The number of likely N-dealkylation sites (tertiary alicyclic amines) is 1. The number of halogens is 1. The SMILES string of the molecule is CN1CCC(CNC(=O)[C@@H](O)c2cccc(Cl)c2)(c2ccccc2)CC1. The summed E-state index contributed by atoms with van der Waals surface area (Å²) >= 11 is 5.96. The molecule has 2 N–H and O–H groups in total. The van der Waals surface area contributed by atoms with E-state index in [0.29, 0.717) is 17.1 Å². The molecule has 0 aromatic heterocycles. The highest BCUT2D eigenvalue weighted by Gasteiger charge is 2.36. The van der Waals surface area contributed by atoms with Crippen LogP contribution in [-0.2, 0) is 10.2 Å². The topological polar surface area (TPSA) is 52.6 Å². The summed E-state index contributed by atoms with van der Waals surface area (Å²) < 4.78 is 0. The molecule has 3 rings (SSSR count). The lowest BCUT2D eigenvalue weighted by atomic mass is 9.72. The molecule has 1 atom stereocenters. The van der Waals surface area contributed by atoms with Gasteiger partial charge in [-0.1, -0.05) is 54.1 Å². The van der Waals surface area contributed by atoms with E-state index in [9.17, 15) is 9.90 Å². The van der Waals surface area contributed by atoms with Gasteiger partial charge in [-0.25, -0.2) is 0 Å². The summed E-state index contributed by atoms with van der Waals surface area (Å²) in [5, 5.41) is 13.8. The second-order valence-electron chi connectivity index (χ2n) is 7.12. The number of hydrogen-bond donors (Lipinski definition) is 2. The van der Waals surface area contributed by atoms with Crippen molar-refractivity contribution in [3.8, 4) is 0 Å². The van der Waals surface area contributed by atoms with Gasteiger partial charge in [0.05, 0.1) is 0 Å². The molecule has 0 radical (unpaired) electrons. The number of aliphatic hydroxyl groups is 1. The molecule has 0 bridgehead atoms. The van der Waals surface area contributed by atoms with Crippen molar-refractivity contribution in [2.24, 2.45) is 0 Å². The van der Waals surface area contributed by atoms with Gasteiger partial charge in [-0.05, 0) is 56.2 Å². The molecule has 1 amide bonds. The minimum absolute atomic E-state index is 0.0997. The fourth-order valence-electron chi connectivity index (χ4n) is 3.59. The molecule has 0 aliphatic carbocycles. The lowest BCUT2D eigenvalue weighted by molar-refractivity contribution is -0.130. The molecule has 1 fully saturated rings. The summed E-state index contributed by atoms with van der Waals surface area (Å²) in [5.41, 5.74) is 1.65. The Morgan fingerprint density at radius 3 is 2.54 bits per heavy atom. The lowest BCUT2D eigenvalue weighted by Crippen LogP contribution is -2.48. The molecule has 1 aliphatic rings. The van der Waals surface area contributed by atoms with Crippen molar-refractivity contribution in [2.75, 3.05) is 26.7 Å². The van der Waals surface area contributed by atoms with Crippen LogP contribution in [0.4, 0.5) is 0 Å². The Balaban J connectivity index is 1.73. The third-order valence-corrected chi connectivity index (χ3v) is 5.58. The zero-order chi connectivity index (χ0) is 18.6. The number of rotatable bonds is 5. The molecular weight excluding hydrogens is 348 g/mol. The highest BCUT2D eigenvalue weighted by atomic mass is 35.5. The Bertz CT molecular complexity index is 743. The van der Waals surface area contributed by atoms with E-state index >= 15 is 0 Å². The van der Waals surface area contributed by atoms with E-state index in [1.165, 1.54) is 5.56 Å². The molecule has 138 valence electrons. The van der Waals surface area contributed by atoms with Crippen LogP contribution in [0.5, 0.6) is 0 Å². The van der Waals surface area contributed by atoms with Gasteiger partial charge in [0, 0.05) is 17.0 Å². The summed E-state index contributed by atoms with van der Waals surface area (Å²) in [4.78, 5) is 14.8. The van der Waals surface area contributed by atoms with Crippen LogP contribution in [0, 0.1) is 0 Å². The van der Waals surface area contributed by atoms with Crippen LogP contribution >= 0.6 is 11.6 Å². The van der Waals surface area contributed by atoms with Gasteiger partial charge in [0.2, 0.25) is 0 Å². The molecule has 4 nitrogen and oxygen atoms in total. The lowest BCUT2D eigenvalue weighted by Gasteiger charge is -2.41. The van der Waals surface area contributed by atoms with Gasteiger partial charge in [-0.3, -0.25) is 4.79 Å². The third-order valence-electron chi connectivity index (χ3n) is 5.34. The van der Waals surface area contributed by atoms with Gasteiger partial charge in [-0.15, -0.1) is 0 Å². The number of carbonyl (C=O) groups excluding carboxylic acids is 1. The van der Waals surface area contributed by atoms with Crippen LogP contribution in [0.15, 0.2) is 54.6 Å². The molecule has 1 saturated heterocycles. The van der Waals surface area contributed by atoms with E-state index in [1.807, 2.05) is 18.2 Å². The van der Waals surface area contributed by atoms with Crippen molar-refractivity contribution < 1.29 is 9.90 Å². The number of carbonyl (C=O) groups is 1. The number of nitrogens with one attached hydrogen (secondary N) is 1. The molecule has 1 heterocycles. The molecule has 0 spiro atoms. The smallest absolute Gasteiger partial charge is 0.253 e. The number of amides is 1. The first-order valence-electron chi connectivity index (χ1n) is 8.95. The maximum Gasteiger partial charge on any atom is 0.253 e. The second kappa shape index (κ2) is 8.21. The van der Waals surface area contributed by atoms with Gasteiger partial charge in [0.25, 0.3) is 5.91 Å². The number of piperidine rings is 1. The highest BCUT2D eigenvalue weighted by Crippen LogP contribution is 2.34. The Morgan fingerprint density at radius 1 is 1.19 bits per heavy atom. The van der Waals surface area contributed by atoms with E-state index in [4.69, 9.17) is 11.6 Å². The van der Waals surface area contributed by atoms with Crippen LogP contribution in [0.25, 0.3) is 0 Å². The standard InChI is InChI=1S/C21H25ClN2O2/c1-24-12-10-21(11-13-24,17-7-3-2-4-8-17)15-23-20(26)19(25)16-6-5-9-18(22)14-16/h2-9,14,19,25H,10-13,15H2,1H3,(H,23,26)/t19-/m0/s1. The second-order valence-corrected chi connectivity index (χ2v) is 7.56. The van der Waals surface area contributed by atoms with Crippen molar-refractivity contribution in [3.05, 3.63) is 70.7 Å². The number of hydrogen-bond acceptors (Lipinski definition) is 3. The van der Waals surface area contributed by atoms with Crippen LogP contribution in [0.3, 0.4) is 0 Å². The molecule has 1 aliphatic heterocycles. The molecule has 5 heteroatoms. The molecule has 0 saturated carbocycles. The van der Waals surface area contributed by atoms with Crippen molar-refractivity contribution in [1.29, 1.82) is 0 Å². The Kier molecular flexibility index (Phi) is 5.97. The van der Waals surface area contributed by atoms with Gasteiger partial charge in [-0.2, -0.15) is 0 Å². The largest absolute Gasteiger partial charge is 0.378 e. The molecule has 2 aromatic rings. The Morgan fingerprint density at radius 2 is 1.88 bits per heavy atom. The minimum atomic E-state index is -1.22. The van der Waals surface area contributed by atoms with Gasteiger partial charge in [0.15, 0.2) is 6.10 Å². The van der Waals surface area contributed by atoms with E-state index in [1.54, 1.807) is 24.3 Å². The highest BCUT2D eigenvalue weighted by molar-refractivity contribution is 6.30. The summed E-state index contributed by atoms with van der Waals surface area (Å²) in [6, 6.07) is 17.1. The normalized spacial score (nSPS) is 18.3. The van der Waals surface area contributed by atoms with Crippen LogP contribution in [0.1, 0.15) is 30.1 Å². The van der Waals surface area contributed by atoms with E-state index in [2.05, 4.69) is 29.4 Å². The minimum Gasteiger partial charge on any atom is -0.378 e. The predicted molar refractivity (Wildman–Crippen MR) is 104 cm³/mol. The molecule has 26 heavy (non-hydrogen) atoms. The van der Waals surface area contributed by atoms with E-state index in [-0.39, 0.29) is 11.3 Å². The summed E-state index contributed by atoms with van der Waals surface area (Å²) in [6.45, 7) is 2.49. The first kappa shape index (κ1) is 18.9. The maximum atomic E-state index is 12.5. The van der Waals surface area contributed by atoms with E-state index in [0.717, 1.165) is 25.9 Å². The fourth-order valence-corrected chi connectivity index (χ4v) is 3.79. The molecule has 0 unspecified atom stereocenters. The quantitative estimate of drug-likeness (QED) is 0.847.